The fraction of sp³-hybridized carbons (Fsp3) is 0.368. The first-order valence-corrected chi connectivity index (χ1v) is 9.68. The van der Waals surface area contributed by atoms with E-state index in [2.05, 4.69) is 20.4 Å². The second-order valence-electron chi connectivity index (χ2n) is 6.19. The Labute approximate surface area is 162 Å². The molecule has 0 aliphatic rings. The highest BCUT2D eigenvalue weighted by Crippen LogP contribution is 2.26. The highest BCUT2D eigenvalue weighted by Gasteiger charge is 2.20. The first kappa shape index (κ1) is 19.2. The number of fused-ring (bicyclic) bond motifs is 1. The van der Waals surface area contributed by atoms with Crippen LogP contribution in [0.3, 0.4) is 0 Å². The van der Waals surface area contributed by atoms with E-state index in [1.54, 1.807) is 4.52 Å². The Morgan fingerprint density at radius 3 is 2.74 bits per heavy atom. The predicted molar refractivity (Wildman–Crippen MR) is 107 cm³/mol. The summed E-state index contributed by atoms with van der Waals surface area (Å²) in [6, 6.07) is 7.39. The lowest BCUT2D eigenvalue weighted by atomic mass is 10.2. The third kappa shape index (κ3) is 4.05. The Kier molecular flexibility index (Phi) is 5.65. The van der Waals surface area contributed by atoms with Gasteiger partial charge in [-0.25, -0.2) is 9.50 Å². The number of hydrogen-bond acceptors (Lipinski definition) is 6. The summed E-state index contributed by atoms with van der Waals surface area (Å²) in [6.45, 7) is 10.2. The number of benzene rings is 1. The summed E-state index contributed by atoms with van der Waals surface area (Å²) >= 11 is 1.30. The van der Waals surface area contributed by atoms with Crippen LogP contribution in [0.4, 0.5) is 5.69 Å². The monoisotopic (exact) mass is 385 g/mol. The number of aryl methyl sites for hydroxylation is 2. The molecule has 0 aliphatic carbocycles. The maximum atomic E-state index is 12.6. The number of amides is 1. The molecule has 0 spiro atoms. The Morgan fingerprint density at radius 2 is 2.00 bits per heavy atom. The number of hydrogen-bond donors (Lipinski definition) is 1. The molecule has 1 amide bonds. The van der Waals surface area contributed by atoms with Crippen LogP contribution in [0.1, 0.15) is 30.8 Å². The van der Waals surface area contributed by atoms with Crippen molar-refractivity contribution < 1.29 is 9.53 Å². The van der Waals surface area contributed by atoms with Crippen LogP contribution >= 0.6 is 11.8 Å². The zero-order chi connectivity index (χ0) is 19.6. The van der Waals surface area contributed by atoms with Crippen molar-refractivity contribution in [2.75, 3.05) is 11.9 Å². The van der Waals surface area contributed by atoms with E-state index in [1.807, 2.05) is 58.9 Å². The van der Waals surface area contributed by atoms with E-state index in [-0.39, 0.29) is 11.2 Å². The number of rotatable bonds is 6. The minimum absolute atomic E-state index is 0.136. The number of thioether (sulfide) groups is 1. The number of carbonyl (C=O) groups is 1. The van der Waals surface area contributed by atoms with E-state index in [0.29, 0.717) is 29.0 Å². The third-order valence-electron chi connectivity index (χ3n) is 4.34. The van der Waals surface area contributed by atoms with Gasteiger partial charge in [0.1, 0.15) is 5.75 Å². The van der Waals surface area contributed by atoms with Crippen molar-refractivity contribution in [2.45, 2.75) is 45.0 Å². The second-order valence-corrected chi connectivity index (χ2v) is 7.50. The van der Waals surface area contributed by atoms with Gasteiger partial charge in [-0.05, 0) is 52.3 Å². The number of nitrogens with zero attached hydrogens (tertiary/aromatic N) is 4. The van der Waals surface area contributed by atoms with Gasteiger partial charge in [-0.15, -0.1) is 5.10 Å². The summed E-state index contributed by atoms with van der Waals surface area (Å²) in [5, 5.41) is 7.56. The molecule has 0 saturated heterocycles. The zero-order valence-electron chi connectivity index (χ0n) is 16.1. The molecule has 2 heterocycles. The Bertz CT molecular complexity index is 986. The number of carbonyl (C=O) groups excluding carboxylic acids is 1. The molecular formula is C19H23N5O2S. The Morgan fingerprint density at radius 1 is 1.26 bits per heavy atom. The van der Waals surface area contributed by atoms with Crippen molar-refractivity contribution >= 4 is 29.1 Å². The number of para-hydroxylation sites is 2. The Balaban J connectivity index is 1.75. The van der Waals surface area contributed by atoms with Crippen LogP contribution in [-0.4, -0.2) is 37.3 Å². The number of aromatic nitrogens is 4. The molecule has 2 aromatic heterocycles. The average molecular weight is 385 g/mol. The van der Waals surface area contributed by atoms with Gasteiger partial charge in [-0.1, -0.05) is 23.9 Å². The molecule has 1 unspecified atom stereocenters. The maximum absolute atomic E-state index is 12.6. The molecule has 0 radical (unpaired) electrons. The van der Waals surface area contributed by atoms with Gasteiger partial charge in [0.15, 0.2) is 0 Å². The van der Waals surface area contributed by atoms with Gasteiger partial charge in [-0.2, -0.15) is 4.98 Å². The molecule has 3 rings (SSSR count). The van der Waals surface area contributed by atoms with E-state index < -0.39 is 0 Å². The van der Waals surface area contributed by atoms with Crippen molar-refractivity contribution in [1.82, 2.24) is 19.6 Å². The van der Waals surface area contributed by atoms with E-state index in [9.17, 15) is 4.79 Å². The first-order chi connectivity index (χ1) is 12.9. The summed E-state index contributed by atoms with van der Waals surface area (Å²) in [5.74, 6) is 1.07. The van der Waals surface area contributed by atoms with E-state index >= 15 is 0 Å². The number of nitrogens with one attached hydrogen (secondary N) is 1. The summed E-state index contributed by atoms with van der Waals surface area (Å²) < 4.78 is 7.28. The van der Waals surface area contributed by atoms with Gasteiger partial charge in [0.05, 0.1) is 17.5 Å². The van der Waals surface area contributed by atoms with Crippen LogP contribution in [0.2, 0.25) is 0 Å². The summed E-state index contributed by atoms with van der Waals surface area (Å²) in [4.78, 5) is 21.5. The molecule has 1 aromatic carbocycles. The largest absolute Gasteiger partial charge is 0.492 e. The number of ether oxygens (including phenoxy) is 1. The molecule has 0 bridgehead atoms. The van der Waals surface area contributed by atoms with Crippen LogP contribution in [0, 0.1) is 20.8 Å². The van der Waals surface area contributed by atoms with Gasteiger partial charge >= 0.3 is 0 Å². The van der Waals surface area contributed by atoms with Crippen LogP contribution in [0.25, 0.3) is 5.78 Å². The molecule has 1 atom stereocenters. The third-order valence-corrected chi connectivity index (χ3v) is 5.29. The summed E-state index contributed by atoms with van der Waals surface area (Å²) in [7, 11) is 0. The molecule has 3 aromatic rings. The van der Waals surface area contributed by atoms with E-state index in [4.69, 9.17) is 4.74 Å². The highest BCUT2D eigenvalue weighted by atomic mass is 32.2. The van der Waals surface area contributed by atoms with Crippen LogP contribution in [0.5, 0.6) is 5.75 Å². The summed E-state index contributed by atoms with van der Waals surface area (Å²) in [5.41, 5.74) is 3.67. The molecule has 0 aliphatic heterocycles. The summed E-state index contributed by atoms with van der Waals surface area (Å²) in [6.07, 6.45) is 0. The smallest absolute Gasteiger partial charge is 0.253 e. The molecule has 0 saturated carbocycles. The predicted octanol–water partition coefficient (Wildman–Crippen LogP) is 3.57. The van der Waals surface area contributed by atoms with Crippen molar-refractivity contribution in [2.24, 2.45) is 0 Å². The molecule has 142 valence electrons. The standard InChI is InChI=1S/C19H23N5O2S/c1-6-26-16-10-8-7-9-15(16)21-17(25)14(5)27-19-22-18-20-12(3)11(2)13(4)24(18)23-19/h7-10,14H,6H2,1-5H3,(H,21,25). The van der Waals surface area contributed by atoms with E-state index in [0.717, 1.165) is 17.0 Å². The molecule has 0 fully saturated rings. The fourth-order valence-corrected chi connectivity index (χ4v) is 3.33. The number of anilines is 1. The lowest BCUT2D eigenvalue weighted by Gasteiger charge is -2.13. The van der Waals surface area contributed by atoms with Crippen LogP contribution < -0.4 is 10.1 Å². The van der Waals surface area contributed by atoms with Gasteiger partial charge in [-0.3, -0.25) is 4.79 Å². The van der Waals surface area contributed by atoms with Gasteiger partial charge in [0.25, 0.3) is 5.78 Å². The Hall–Kier alpha value is -2.61. The minimum atomic E-state index is -0.375. The normalized spacial score (nSPS) is 12.2. The second kappa shape index (κ2) is 7.96. The first-order valence-electron chi connectivity index (χ1n) is 8.80. The SMILES string of the molecule is CCOc1ccccc1NC(=O)C(C)Sc1nc2nc(C)c(C)c(C)n2n1. The molecule has 7 nitrogen and oxygen atoms in total. The van der Waals surface area contributed by atoms with Gasteiger partial charge < -0.3 is 10.1 Å². The minimum Gasteiger partial charge on any atom is -0.492 e. The molecular weight excluding hydrogens is 362 g/mol. The van der Waals surface area contributed by atoms with Crippen LogP contribution in [0.15, 0.2) is 29.4 Å². The van der Waals surface area contributed by atoms with Gasteiger partial charge in [0.2, 0.25) is 11.1 Å². The lowest BCUT2D eigenvalue weighted by molar-refractivity contribution is -0.115. The van der Waals surface area contributed by atoms with Crippen molar-refractivity contribution in [3.05, 3.63) is 41.2 Å². The van der Waals surface area contributed by atoms with Crippen molar-refractivity contribution in [3.8, 4) is 5.75 Å². The molecule has 27 heavy (non-hydrogen) atoms. The van der Waals surface area contributed by atoms with Crippen molar-refractivity contribution in [1.29, 1.82) is 0 Å². The molecule has 8 heteroatoms. The van der Waals surface area contributed by atoms with Crippen LogP contribution in [-0.2, 0) is 4.79 Å². The fourth-order valence-electron chi connectivity index (χ4n) is 2.58. The van der Waals surface area contributed by atoms with Gasteiger partial charge in [0, 0.05) is 11.4 Å². The molecule has 1 N–H and O–H groups in total. The maximum Gasteiger partial charge on any atom is 0.253 e. The average Bonchev–Trinajstić information content (AvgIpc) is 3.04. The topological polar surface area (TPSA) is 81.4 Å². The van der Waals surface area contributed by atoms with Crippen molar-refractivity contribution in [3.63, 3.8) is 0 Å². The lowest BCUT2D eigenvalue weighted by Crippen LogP contribution is -2.23. The zero-order valence-corrected chi connectivity index (χ0v) is 16.9. The quantitative estimate of drug-likeness (QED) is 0.653. The van der Waals surface area contributed by atoms with E-state index in [1.165, 1.54) is 11.8 Å². The highest BCUT2D eigenvalue weighted by molar-refractivity contribution is 8.00.